The molecule has 0 aromatic heterocycles. The van der Waals surface area contributed by atoms with E-state index in [0.29, 0.717) is 13.0 Å². The summed E-state index contributed by atoms with van der Waals surface area (Å²) in [5.74, 6) is -0.708. The molecule has 0 bridgehead atoms. The van der Waals surface area contributed by atoms with Crippen molar-refractivity contribution in [2.45, 2.75) is 38.1 Å². The van der Waals surface area contributed by atoms with Crippen LogP contribution in [-0.2, 0) is 9.59 Å². The predicted molar refractivity (Wildman–Crippen MR) is 78.4 cm³/mol. The molecule has 1 aromatic rings. The quantitative estimate of drug-likeness (QED) is 0.924. The minimum absolute atomic E-state index is 0.137. The van der Waals surface area contributed by atoms with Gasteiger partial charge >= 0.3 is 5.97 Å². The van der Waals surface area contributed by atoms with Gasteiger partial charge in [-0.3, -0.25) is 4.79 Å². The number of methoxy groups -OCH3 is 1. The van der Waals surface area contributed by atoms with Gasteiger partial charge < -0.3 is 14.7 Å². The number of carboxylic acids is 1. The predicted octanol–water partition coefficient (Wildman–Crippen LogP) is 2.26. The molecule has 1 aliphatic heterocycles. The number of amides is 1. The van der Waals surface area contributed by atoms with Crippen LogP contribution in [0.25, 0.3) is 0 Å². The molecule has 1 heterocycles. The molecule has 1 N–H and O–H groups in total. The Morgan fingerprint density at radius 2 is 1.95 bits per heavy atom. The highest BCUT2D eigenvalue weighted by atomic mass is 16.5. The summed E-state index contributed by atoms with van der Waals surface area (Å²) in [6.45, 7) is 3.94. The molecular weight excluding hydrogens is 270 g/mol. The molecule has 21 heavy (non-hydrogen) atoms. The van der Waals surface area contributed by atoms with E-state index in [1.165, 1.54) is 4.90 Å². The fourth-order valence-electron chi connectivity index (χ4n) is 2.81. The van der Waals surface area contributed by atoms with Gasteiger partial charge in [0.2, 0.25) is 5.91 Å². The Hall–Kier alpha value is -2.04. The van der Waals surface area contributed by atoms with E-state index >= 15 is 0 Å². The highest BCUT2D eigenvalue weighted by Gasteiger charge is 2.46. The maximum Gasteiger partial charge on any atom is 0.329 e. The Kier molecular flexibility index (Phi) is 4.21. The molecule has 1 amide bonds. The van der Waals surface area contributed by atoms with Gasteiger partial charge in [0.1, 0.15) is 11.3 Å². The Balaban J connectivity index is 2.20. The molecule has 1 aliphatic rings. The van der Waals surface area contributed by atoms with Gasteiger partial charge in [0.15, 0.2) is 0 Å². The molecule has 1 aromatic carbocycles. The number of rotatable bonds is 4. The number of carbonyl (C=O) groups is 2. The second-order valence-corrected chi connectivity index (χ2v) is 5.67. The lowest BCUT2D eigenvalue weighted by Gasteiger charge is -2.33. The Morgan fingerprint density at radius 1 is 1.33 bits per heavy atom. The van der Waals surface area contributed by atoms with Crippen LogP contribution in [0.1, 0.15) is 38.2 Å². The standard InChI is InChI=1S/C16H21NO4/c1-11(12-5-7-13(21-3)8-6-12)14(18)17-10-4-9-16(17,2)15(19)20/h5-8,11H,4,9-10H2,1-3H3,(H,19,20). The zero-order valence-corrected chi connectivity index (χ0v) is 12.6. The SMILES string of the molecule is COc1ccc(C(C)C(=O)N2CCCC2(C)C(=O)O)cc1. The fourth-order valence-corrected chi connectivity index (χ4v) is 2.81. The second-order valence-electron chi connectivity index (χ2n) is 5.67. The molecule has 114 valence electrons. The van der Waals surface area contributed by atoms with Crippen molar-refractivity contribution < 1.29 is 19.4 Å². The minimum atomic E-state index is -1.09. The molecule has 5 heteroatoms. The maximum atomic E-state index is 12.7. The van der Waals surface area contributed by atoms with E-state index in [-0.39, 0.29) is 11.8 Å². The summed E-state index contributed by atoms with van der Waals surface area (Å²) in [6.07, 6.45) is 1.23. The van der Waals surface area contributed by atoms with Gasteiger partial charge in [-0.05, 0) is 44.4 Å². The summed E-state index contributed by atoms with van der Waals surface area (Å²) in [7, 11) is 1.59. The summed E-state index contributed by atoms with van der Waals surface area (Å²) >= 11 is 0. The van der Waals surface area contributed by atoms with E-state index in [1.54, 1.807) is 26.2 Å². The molecule has 0 saturated carbocycles. The zero-order chi connectivity index (χ0) is 15.6. The lowest BCUT2D eigenvalue weighted by molar-refractivity contribution is -0.155. The Labute approximate surface area is 124 Å². The van der Waals surface area contributed by atoms with Crippen LogP contribution in [0.15, 0.2) is 24.3 Å². The molecule has 0 radical (unpaired) electrons. The molecule has 5 nitrogen and oxygen atoms in total. The summed E-state index contributed by atoms with van der Waals surface area (Å²) in [6, 6.07) is 7.30. The van der Waals surface area contributed by atoms with Gasteiger partial charge in [-0.1, -0.05) is 12.1 Å². The van der Waals surface area contributed by atoms with E-state index in [9.17, 15) is 14.7 Å². The summed E-state index contributed by atoms with van der Waals surface area (Å²) in [5.41, 5.74) is -0.224. The smallest absolute Gasteiger partial charge is 0.329 e. The third-order valence-corrected chi connectivity index (χ3v) is 4.35. The minimum Gasteiger partial charge on any atom is -0.497 e. The van der Waals surface area contributed by atoms with Crippen molar-refractivity contribution in [3.63, 3.8) is 0 Å². The van der Waals surface area contributed by atoms with Crippen molar-refractivity contribution in [2.24, 2.45) is 0 Å². The molecule has 1 saturated heterocycles. The molecule has 0 aliphatic carbocycles. The third-order valence-electron chi connectivity index (χ3n) is 4.35. The monoisotopic (exact) mass is 291 g/mol. The first kappa shape index (κ1) is 15.4. The van der Waals surface area contributed by atoms with Crippen molar-refractivity contribution >= 4 is 11.9 Å². The molecular formula is C16H21NO4. The van der Waals surface area contributed by atoms with E-state index in [2.05, 4.69) is 0 Å². The van der Waals surface area contributed by atoms with Crippen LogP contribution in [0.3, 0.4) is 0 Å². The van der Waals surface area contributed by atoms with Gasteiger partial charge in [-0.25, -0.2) is 4.79 Å². The Morgan fingerprint density at radius 3 is 2.48 bits per heavy atom. The normalized spacial score (nSPS) is 22.9. The van der Waals surface area contributed by atoms with Crippen molar-refractivity contribution in [3.8, 4) is 5.75 Å². The summed E-state index contributed by atoms with van der Waals surface area (Å²) < 4.78 is 5.10. The van der Waals surface area contributed by atoms with Gasteiger partial charge in [0.25, 0.3) is 0 Å². The largest absolute Gasteiger partial charge is 0.497 e. The number of likely N-dealkylation sites (tertiary alicyclic amines) is 1. The van der Waals surface area contributed by atoms with E-state index in [1.807, 2.05) is 19.1 Å². The number of carbonyl (C=O) groups excluding carboxylic acids is 1. The first-order chi connectivity index (χ1) is 9.90. The molecule has 0 spiro atoms. The molecule has 2 atom stereocenters. The van der Waals surface area contributed by atoms with Crippen molar-refractivity contribution in [1.29, 1.82) is 0 Å². The van der Waals surface area contributed by atoms with E-state index in [4.69, 9.17) is 4.74 Å². The van der Waals surface area contributed by atoms with Gasteiger partial charge in [-0.2, -0.15) is 0 Å². The first-order valence-corrected chi connectivity index (χ1v) is 7.09. The number of ether oxygens (including phenoxy) is 1. The number of aliphatic carboxylic acids is 1. The van der Waals surface area contributed by atoms with Crippen LogP contribution >= 0.6 is 0 Å². The number of benzene rings is 1. The summed E-state index contributed by atoms with van der Waals surface area (Å²) in [5, 5.41) is 9.40. The number of hydrogen-bond donors (Lipinski definition) is 1. The van der Waals surface area contributed by atoms with E-state index in [0.717, 1.165) is 17.7 Å². The van der Waals surface area contributed by atoms with Gasteiger partial charge in [-0.15, -0.1) is 0 Å². The first-order valence-electron chi connectivity index (χ1n) is 7.09. The maximum absolute atomic E-state index is 12.7. The zero-order valence-electron chi connectivity index (χ0n) is 12.6. The highest BCUT2D eigenvalue weighted by molar-refractivity contribution is 5.90. The highest BCUT2D eigenvalue weighted by Crippen LogP contribution is 2.33. The average Bonchev–Trinajstić information content (AvgIpc) is 2.89. The van der Waals surface area contributed by atoms with Crippen LogP contribution in [0.4, 0.5) is 0 Å². The summed E-state index contributed by atoms with van der Waals surface area (Å²) in [4.78, 5) is 25.6. The van der Waals surface area contributed by atoms with E-state index < -0.39 is 11.5 Å². The number of carboxylic acid groups (broad SMARTS) is 1. The van der Waals surface area contributed by atoms with Crippen molar-refractivity contribution in [2.75, 3.05) is 13.7 Å². The average molecular weight is 291 g/mol. The number of nitrogens with zero attached hydrogens (tertiary/aromatic N) is 1. The van der Waals surface area contributed by atoms with Crippen LogP contribution in [0, 0.1) is 0 Å². The van der Waals surface area contributed by atoms with Crippen LogP contribution in [-0.4, -0.2) is 41.1 Å². The van der Waals surface area contributed by atoms with Crippen LogP contribution in [0.2, 0.25) is 0 Å². The fraction of sp³-hybridized carbons (Fsp3) is 0.500. The molecule has 1 fully saturated rings. The topological polar surface area (TPSA) is 66.8 Å². The van der Waals surface area contributed by atoms with Gasteiger partial charge in [0, 0.05) is 6.54 Å². The third kappa shape index (κ3) is 2.73. The second kappa shape index (κ2) is 5.76. The molecule has 2 rings (SSSR count). The van der Waals surface area contributed by atoms with Crippen LogP contribution < -0.4 is 4.74 Å². The van der Waals surface area contributed by atoms with Gasteiger partial charge in [0.05, 0.1) is 13.0 Å². The van der Waals surface area contributed by atoms with Crippen molar-refractivity contribution in [3.05, 3.63) is 29.8 Å². The molecule has 2 unspecified atom stereocenters. The lowest BCUT2D eigenvalue weighted by Crippen LogP contribution is -2.51. The lowest BCUT2D eigenvalue weighted by atomic mass is 9.95. The Bertz CT molecular complexity index is 540. The van der Waals surface area contributed by atoms with Crippen molar-refractivity contribution in [1.82, 2.24) is 4.90 Å². The van der Waals surface area contributed by atoms with Crippen LogP contribution in [0.5, 0.6) is 5.75 Å². The number of hydrogen-bond acceptors (Lipinski definition) is 3.